The number of nitrogens with zero attached hydrogens (tertiary/aromatic N) is 1. The van der Waals surface area contributed by atoms with E-state index in [0.29, 0.717) is 24.0 Å². The molecular weight excluding hydrogens is 414 g/mol. The summed E-state index contributed by atoms with van der Waals surface area (Å²) in [7, 11) is -1.20. The first-order valence-electron chi connectivity index (χ1n) is 9.45. The smallest absolute Gasteiger partial charge is 0.184 e. The lowest BCUT2D eigenvalue weighted by molar-refractivity contribution is -0.0635. The van der Waals surface area contributed by atoms with Gasteiger partial charge in [0.1, 0.15) is 5.75 Å². The quantitative estimate of drug-likeness (QED) is 0.556. The number of rotatable bonds is 9. The van der Waals surface area contributed by atoms with Crippen LogP contribution in [-0.4, -0.2) is 59.0 Å². The van der Waals surface area contributed by atoms with Gasteiger partial charge < -0.3 is 19.1 Å². The van der Waals surface area contributed by atoms with E-state index in [1.165, 1.54) is 6.26 Å². The van der Waals surface area contributed by atoms with Crippen molar-refractivity contribution in [2.75, 3.05) is 39.6 Å². The van der Waals surface area contributed by atoms with Crippen molar-refractivity contribution in [2.45, 2.75) is 23.7 Å². The minimum Gasteiger partial charge on any atom is -0.494 e. The Morgan fingerprint density at radius 1 is 1.21 bits per heavy atom. The Labute approximate surface area is 177 Å². The minimum atomic E-state index is -3.23. The molecule has 0 aliphatic carbocycles. The fraction of sp³-hybridized carbons (Fsp3) is 0.429. The highest BCUT2D eigenvalue weighted by Gasteiger charge is 2.28. The van der Waals surface area contributed by atoms with Crippen LogP contribution in [0.3, 0.4) is 0 Å². The second-order valence-corrected chi connectivity index (χ2v) is 9.64. The van der Waals surface area contributed by atoms with E-state index in [1.54, 1.807) is 24.3 Å². The van der Waals surface area contributed by atoms with Gasteiger partial charge in [0.05, 0.1) is 24.2 Å². The number of likely N-dealkylation sites (N-methyl/N-ethyl adjacent to an activating group) is 1. The van der Waals surface area contributed by atoms with Crippen molar-refractivity contribution in [3.8, 4) is 5.75 Å². The first kappa shape index (κ1) is 22.1. The number of hydrogen-bond acceptors (Lipinski definition) is 6. The van der Waals surface area contributed by atoms with Crippen LogP contribution >= 0.6 is 11.6 Å². The number of benzene rings is 2. The third kappa shape index (κ3) is 6.69. The molecule has 3 rings (SSSR count). The van der Waals surface area contributed by atoms with Crippen LogP contribution in [0, 0.1) is 0 Å². The van der Waals surface area contributed by atoms with Gasteiger partial charge in [-0.3, -0.25) is 0 Å². The Balaban J connectivity index is 1.37. The number of halogens is 1. The molecule has 1 aliphatic rings. The maximum atomic E-state index is 11.6. The lowest BCUT2D eigenvalue weighted by Crippen LogP contribution is -2.31. The molecule has 1 fully saturated rings. The predicted molar refractivity (Wildman–Crippen MR) is 112 cm³/mol. The van der Waals surface area contributed by atoms with Gasteiger partial charge in [-0.05, 0) is 43.8 Å². The predicted octanol–water partition coefficient (Wildman–Crippen LogP) is 3.56. The Morgan fingerprint density at radius 2 is 1.97 bits per heavy atom. The zero-order chi connectivity index (χ0) is 20.9. The van der Waals surface area contributed by atoms with Crippen LogP contribution in [0.4, 0.5) is 0 Å². The summed E-state index contributed by atoms with van der Waals surface area (Å²) < 4.78 is 40.6. The van der Waals surface area contributed by atoms with Gasteiger partial charge in [0.25, 0.3) is 0 Å². The Hall–Kier alpha value is -1.64. The van der Waals surface area contributed by atoms with Gasteiger partial charge in [-0.15, -0.1) is 0 Å². The summed E-state index contributed by atoms with van der Waals surface area (Å²) in [6.07, 6.45) is 1.66. The van der Waals surface area contributed by atoms with Crippen LogP contribution in [0.1, 0.15) is 18.3 Å². The molecule has 0 spiro atoms. The summed E-state index contributed by atoms with van der Waals surface area (Å²) >= 11 is 5.92. The second kappa shape index (κ2) is 9.91. The molecule has 2 aromatic rings. The van der Waals surface area contributed by atoms with Gasteiger partial charge in [0.15, 0.2) is 16.1 Å². The van der Waals surface area contributed by atoms with E-state index in [2.05, 4.69) is 4.90 Å². The fourth-order valence-corrected chi connectivity index (χ4v) is 3.88. The van der Waals surface area contributed by atoms with E-state index in [1.807, 2.05) is 31.3 Å². The van der Waals surface area contributed by atoms with Crippen LogP contribution in [0.2, 0.25) is 5.02 Å². The largest absolute Gasteiger partial charge is 0.494 e. The Morgan fingerprint density at radius 3 is 2.69 bits per heavy atom. The summed E-state index contributed by atoms with van der Waals surface area (Å²) in [5.41, 5.74) is 0.962. The third-order valence-electron chi connectivity index (χ3n) is 4.59. The highest BCUT2D eigenvalue weighted by atomic mass is 35.5. The highest BCUT2D eigenvalue weighted by molar-refractivity contribution is 7.90. The van der Waals surface area contributed by atoms with Crippen LogP contribution in [0.5, 0.6) is 5.75 Å². The van der Waals surface area contributed by atoms with Crippen molar-refractivity contribution in [1.82, 2.24) is 4.90 Å². The summed E-state index contributed by atoms with van der Waals surface area (Å²) in [6, 6.07) is 14.1. The highest BCUT2D eigenvalue weighted by Crippen LogP contribution is 2.28. The molecular formula is C21H26ClNO5S. The lowest BCUT2D eigenvalue weighted by atomic mass is 10.2. The van der Waals surface area contributed by atoms with E-state index in [9.17, 15) is 8.42 Å². The average Bonchev–Trinajstić information content (AvgIpc) is 3.14. The van der Waals surface area contributed by atoms with Gasteiger partial charge in [-0.2, -0.15) is 0 Å². The monoisotopic (exact) mass is 439 g/mol. The van der Waals surface area contributed by atoms with Crippen molar-refractivity contribution in [1.29, 1.82) is 0 Å². The van der Waals surface area contributed by atoms with E-state index >= 15 is 0 Å². The topological polar surface area (TPSA) is 65.1 Å². The lowest BCUT2D eigenvalue weighted by Gasteiger charge is -2.20. The minimum absolute atomic E-state index is 0.00744. The van der Waals surface area contributed by atoms with E-state index in [-0.39, 0.29) is 17.3 Å². The second-order valence-electron chi connectivity index (χ2n) is 7.19. The number of sulfone groups is 1. The maximum Gasteiger partial charge on any atom is 0.184 e. The first-order chi connectivity index (χ1) is 13.8. The van der Waals surface area contributed by atoms with Gasteiger partial charge in [-0.25, -0.2) is 8.42 Å². The van der Waals surface area contributed by atoms with E-state index < -0.39 is 9.84 Å². The van der Waals surface area contributed by atoms with Crippen LogP contribution in [0.15, 0.2) is 53.4 Å². The maximum absolute atomic E-state index is 11.6. The zero-order valence-corrected chi connectivity index (χ0v) is 18.2. The van der Waals surface area contributed by atoms with Gasteiger partial charge >= 0.3 is 0 Å². The summed E-state index contributed by atoms with van der Waals surface area (Å²) in [5, 5.41) is 0.688. The zero-order valence-electron chi connectivity index (χ0n) is 16.6. The molecule has 1 heterocycles. The van der Waals surface area contributed by atoms with Crippen molar-refractivity contribution in [3.63, 3.8) is 0 Å². The molecule has 0 saturated carbocycles. The molecule has 29 heavy (non-hydrogen) atoms. The molecule has 1 saturated heterocycles. The molecule has 158 valence electrons. The number of ether oxygens (including phenoxy) is 3. The van der Waals surface area contributed by atoms with Crippen molar-refractivity contribution in [2.24, 2.45) is 0 Å². The van der Waals surface area contributed by atoms with E-state index in [0.717, 1.165) is 25.1 Å². The molecule has 0 N–H and O–H groups in total. The molecule has 0 unspecified atom stereocenters. The summed E-state index contributed by atoms with van der Waals surface area (Å²) in [5.74, 6) is 0.564. The fourth-order valence-electron chi connectivity index (χ4n) is 3.10. The van der Waals surface area contributed by atoms with Crippen molar-refractivity contribution in [3.05, 3.63) is 59.1 Å². The third-order valence-corrected chi connectivity index (χ3v) is 5.96. The summed E-state index contributed by atoms with van der Waals surface area (Å²) in [4.78, 5) is 2.44. The molecule has 0 amide bonds. The first-order valence-corrected chi connectivity index (χ1v) is 11.7. The number of hydrogen-bond donors (Lipinski definition) is 0. The molecule has 0 bridgehead atoms. The molecule has 6 nitrogen and oxygen atoms in total. The Kier molecular flexibility index (Phi) is 7.54. The van der Waals surface area contributed by atoms with Gasteiger partial charge in [-0.1, -0.05) is 29.8 Å². The molecule has 1 aliphatic heterocycles. The van der Waals surface area contributed by atoms with Crippen LogP contribution in [0.25, 0.3) is 0 Å². The standard InChI is InChI=1S/C21H26ClNO5S/c1-23(11-4-12-26-18-5-3-6-20(13-18)29(2,24)25)14-19-15-27-21(28-19)16-7-9-17(22)10-8-16/h3,5-10,13,19,21H,4,11-12,14-15H2,1-2H3/t19-,21+/m0/s1. The van der Waals surface area contributed by atoms with Crippen molar-refractivity contribution < 1.29 is 22.6 Å². The van der Waals surface area contributed by atoms with Gasteiger partial charge in [0, 0.05) is 29.9 Å². The average molecular weight is 440 g/mol. The van der Waals surface area contributed by atoms with Crippen LogP contribution < -0.4 is 4.74 Å². The molecule has 8 heteroatoms. The SMILES string of the molecule is CN(CCCOc1cccc(S(C)(=O)=O)c1)C[C@H]1CO[C@@H](c2ccc(Cl)cc2)O1. The summed E-state index contributed by atoms with van der Waals surface area (Å²) in [6.45, 7) is 2.64. The van der Waals surface area contributed by atoms with Gasteiger partial charge in [0.2, 0.25) is 0 Å². The Bertz CT molecular complexity index is 904. The normalized spacial score (nSPS) is 19.6. The van der Waals surface area contributed by atoms with Crippen LogP contribution in [-0.2, 0) is 19.3 Å². The van der Waals surface area contributed by atoms with Crippen molar-refractivity contribution >= 4 is 21.4 Å². The van der Waals surface area contributed by atoms with E-state index in [4.69, 9.17) is 25.8 Å². The molecule has 2 aromatic carbocycles. The molecule has 2 atom stereocenters. The molecule has 0 aromatic heterocycles. The molecule has 0 radical (unpaired) electrons.